The molecule has 0 bridgehead atoms. The normalized spacial score (nSPS) is 28.1. The lowest BCUT2D eigenvalue weighted by Gasteiger charge is -2.44. The van der Waals surface area contributed by atoms with Gasteiger partial charge in [-0.1, -0.05) is 25.0 Å². The van der Waals surface area contributed by atoms with Crippen molar-refractivity contribution in [3.8, 4) is 0 Å². The summed E-state index contributed by atoms with van der Waals surface area (Å²) in [7, 11) is 0. The predicted molar refractivity (Wildman–Crippen MR) is 79.5 cm³/mol. The lowest BCUT2D eigenvalue weighted by molar-refractivity contribution is 0.0545. The van der Waals surface area contributed by atoms with Gasteiger partial charge in [-0.05, 0) is 65.7 Å². The maximum atomic E-state index is 13.6. The van der Waals surface area contributed by atoms with E-state index in [0.29, 0.717) is 4.47 Å². The predicted octanol–water partition coefficient (Wildman–Crippen LogP) is 4.74. The van der Waals surface area contributed by atoms with Gasteiger partial charge in [-0.15, -0.1) is 0 Å². The van der Waals surface area contributed by atoms with Gasteiger partial charge in [0.25, 0.3) is 0 Å². The van der Waals surface area contributed by atoms with E-state index in [1.54, 1.807) is 0 Å². The number of nitrogens with zero attached hydrogens (tertiary/aromatic N) is 1. The van der Waals surface area contributed by atoms with E-state index < -0.39 is 0 Å². The Labute approximate surface area is 123 Å². The van der Waals surface area contributed by atoms with Crippen LogP contribution in [0.4, 0.5) is 4.39 Å². The van der Waals surface area contributed by atoms with Crippen LogP contribution in [0.5, 0.6) is 0 Å². The molecule has 1 aliphatic heterocycles. The minimum Gasteiger partial charge on any atom is -0.296 e. The first-order chi connectivity index (χ1) is 9.25. The smallest absolute Gasteiger partial charge is 0.137 e. The number of hydrogen-bond donors (Lipinski definition) is 0. The molecule has 0 aromatic heterocycles. The van der Waals surface area contributed by atoms with Gasteiger partial charge in [0, 0.05) is 12.6 Å². The summed E-state index contributed by atoms with van der Waals surface area (Å²) in [5.74, 6) is 0.740. The van der Waals surface area contributed by atoms with Crippen LogP contribution in [0.1, 0.15) is 44.1 Å². The minimum absolute atomic E-state index is 0.144. The second-order valence-corrected chi connectivity index (χ2v) is 6.73. The van der Waals surface area contributed by atoms with Gasteiger partial charge in [0.15, 0.2) is 0 Å². The molecule has 0 radical (unpaired) electrons. The molecule has 0 spiro atoms. The first-order valence-corrected chi connectivity index (χ1v) is 8.22. The van der Waals surface area contributed by atoms with Gasteiger partial charge in [0.1, 0.15) is 5.82 Å². The van der Waals surface area contributed by atoms with Crippen LogP contribution in [0.15, 0.2) is 22.7 Å². The minimum atomic E-state index is -0.144. The van der Waals surface area contributed by atoms with Gasteiger partial charge in [-0.3, -0.25) is 4.90 Å². The van der Waals surface area contributed by atoms with E-state index in [4.69, 9.17) is 0 Å². The van der Waals surface area contributed by atoms with Gasteiger partial charge < -0.3 is 0 Å². The lowest BCUT2D eigenvalue weighted by atomic mass is 9.78. The lowest BCUT2D eigenvalue weighted by Crippen LogP contribution is -2.46. The second-order valence-electron chi connectivity index (χ2n) is 5.94. The van der Waals surface area contributed by atoms with E-state index in [-0.39, 0.29) is 5.82 Å². The molecule has 2 atom stereocenters. The van der Waals surface area contributed by atoms with Crippen molar-refractivity contribution in [1.29, 1.82) is 0 Å². The van der Waals surface area contributed by atoms with Crippen molar-refractivity contribution in [2.45, 2.75) is 51.1 Å². The quantitative estimate of drug-likeness (QED) is 0.758. The molecule has 1 saturated heterocycles. The van der Waals surface area contributed by atoms with Crippen molar-refractivity contribution < 1.29 is 4.39 Å². The van der Waals surface area contributed by atoms with Crippen LogP contribution in [0, 0.1) is 11.7 Å². The zero-order valence-corrected chi connectivity index (χ0v) is 12.8. The van der Waals surface area contributed by atoms with Crippen molar-refractivity contribution in [3.63, 3.8) is 0 Å². The van der Waals surface area contributed by atoms with E-state index in [0.717, 1.165) is 24.1 Å². The van der Waals surface area contributed by atoms with E-state index in [1.165, 1.54) is 51.1 Å². The number of fused-ring (bicyclic) bond motifs is 1. The number of likely N-dealkylation sites (tertiary alicyclic amines) is 1. The van der Waals surface area contributed by atoms with Crippen LogP contribution in [-0.2, 0) is 6.54 Å². The molecule has 0 amide bonds. The highest BCUT2D eigenvalue weighted by Crippen LogP contribution is 2.36. The molecule has 1 nitrogen and oxygen atoms in total. The molecule has 1 saturated carbocycles. The molecule has 1 aromatic carbocycles. The topological polar surface area (TPSA) is 3.24 Å². The van der Waals surface area contributed by atoms with E-state index in [2.05, 4.69) is 20.8 Å². The van der Waals surface area contributed by atoms with Gasteiger partial charge >= 0.3 is 0 Å². The van der Waals surface area contributed by atoms with Crippen molar-refractivity contribution in [1.82, 2.24) is 4.90 Å². The Hall–Kier alpha value is -0.410. The third-order valence-corrected chi connectivity index (χ3v) is 5.65. The van der Waals surface area contributed by atoms with Crippen molar-refractivity contribution in [2.24, 2.45) is 5.92 Å². The molecule has 1 heterocycles. The monoisotopic (exact) mass is 325 g/mol. The van der Waals surface area contributed by atoms with Crippen LogP contribution >= 0.6 is 15.9 Å². The number of piperidine rings is 1. The van der Waals surface area contributed by atoms with Gasteiger partial charge in [-0.2, -0.15) is 0 Å². The maximum Gasteiger partial charge on any atom is 0.137 e. The summed E-state index contributed by atoms with van der Waals surface area (Å²) in [5, 5.41) is 0. The third-order valence-electron chi connectivity index (χ3n) is 4.76. The summed E-state index contributed by atoms with van der Waals surface area (Å²) in [6.45, 7) is 2.06. The summed E-state index contributed by atoms with van der Waals surface area (Å²) in [6.07, 6.45) is 8.18. The molecule has 0 N–H and O–H groups in total. The highest BCUT2D eigenvalue weighted by molar-refractivity contribution is 9.10. The Morgan fingerprint density at radius 1 is 1.16 bits per heavy atom. The summed E-state index contributed by atoms with van der Waals surface area (Å²) in [4.78, 5) is 2.59. The number of hydrogen-bond acceptors (Lipinski definition) is 1. The first kappa shape index (κ1) is 13.6. The zero-order chi connectivity index (χ0) is 13.2. The molecule has 19 heavy (non-hydrogen) atoms. The standard InChI is InChI=1S/C16H21BrFN/c17-16-13(6-3-8-14(16)18)11-19-10-4-7-12-5-1-2-9-15(12)19/h3,6,8,12,15H,1-2,4-5,7,9-11H2. The highest BCUT2D eigenvalue weighted by atomic mass is 79.9. The third kappa shape index (κ3) is 2.87. The fourth-order valence-corrected chi connectivity index (χ4v) is 4.20. The molecular formula is C16H21BrFN. The molecule has 3 rings (SSSR count). The Bertz CT molecular complexity index is 446. The second kappa shape index (κ2) is 5.92. The fourth-order valence-electron chi connectivity index (χ4n) is 3.81. The Morgan fingerprint density at radius 2 is 1.95 bits per heavy atom. The van der Waals surface area contributed by atoms with E-state index in [9.17, 15) is 4.39 Å². The number of rotatable bonds is 2. The van der Waals surface area contributed by atoms with Crippen LogP contribution < -0.4 is 0 Å². The van der Waals surface area contributed by atoms with Crippen LogP contribution in [0.25, 0.3) is 0 Å². The van der Waals surface area contributed by atoms with Crippen molar-refractivity contribution in [2.75, 3.05) is 6.54 Å². The Kier molecular flexibility index (Phi) is 4.23. The number of benzene rings is 1. The van der Waals surface area contributed by atoms with Crippen molar-refractivity contribution >= 4 is 15.9 Å². The average Bonchev–Trinajstić information content (AvgIpc) is 2.44. The molecule has 104 valence electrons. The van der Waals surface area contributed by atoms with Crippen molar-refractivity contribution in [3.05, 3.63) is 34.1 Å². The molecule has 2 fully saturated rings. The molecule has 1 aliphatic carbocycles. The largest absolute Gasteiger partial charge is 0.296 e. The summed E-state index contributed by atoms with van der Waals surface area (Å²) >= 11 is 3.39. The fraction of sp³-hybridized carbons (Fsp3) is 0.625. The highest BCUT2D eigenvalue weighted by Gasteiger charge is 2.33. The first-order valence-electron chi connectivity index (χ1n) is 7.42. The average molecular weight is 326 g/mol. The Morgan fingerprint density at radius 3 is 2.84 bits per heavy atom. The molecule has 3 heteroatoms. The van der Waals surface area contributed by atoms with E-state index in [1.807, 2.05) is 12.1 Å². The molecule has 2 aliphatic rings. The molecular weight excluding hydrogens is 305 g/mol. The Balaban J connectivity index is 1.76. The van der Waals surface area contributed by atoms with Crippen LogP contribution in [0.2, 0.25) is 0 Å². The molecule has 1 aromatic rings. The summed E-state index contributed by atoms with van der Waals surface area (Å²) < 4.78 is 14.2. The van der Waals surface area contributed by atoms with Crippen LogP contribution in [0.3, 0.4) is 0 Å². The number of halogens is 2. The van der Waals surface area contributed by atoms with E-state index >= 15 is 0 Å². The zero-order valence-electron chi connectivity index (χ0n) is 11.2. The maximum absolute atomic E-state index is 13.6. The SMILES string of the molecule is Fc1cccc(CN2CCCC3CCCCC32)c1Br. The van der Waals surface area contributed by atoms with Crippen LogP contribution in [-0.4, -0.2) is 17.5 Å². The van der Waals surface area contributed by atoms with Gasteiger partial charge in [-0.25, -0.2) is 4.39 Å². The molecule has 2 unspecified atom stereocenters. The summed E-state index contributed by atoms with van der Waals surface area (Å²) in [5.41, 5.74) is 1.09. The van der Waals surface area contributed by atoms with Gasteiger partial charge in [0.2, 0.25) is 0 Å². The summed E-state index contributed by atoms with van der Waals surface area (Å²) in [6, 6.07) is 6.11. The van der Waals surface area contributed by atoms with Gasteiger partial charge in [0.05, 0.1) is 4.47 Å².